The number of carbonyl (C=O) groups is 2. The van der Waals surface area contributed by atoms with Gasteiger partial charge in [-0.1, -0.05) is 0 Å². The SMILES string of the molecule is CC(=O)N[C@H]1[C@H](OC[C@H]2O[C@H](OC[C@H]3O[C@@H](O)[C@@H](O)[C@@H](O)[C@@H]3O)[C@@H](O)[C@@H](O)[C@@H]2O)O[C@H](CO)[C@@H](O[C@@H]2O[C@H](CO)[C@H](O[C@@H]3O[C@H](CO)[C@@H](O)[C@H](O)[C@H]3NC(C)=O)[C@H](O)[C@H]2O)[C@@H]1O. The fourth-order valence-corrected chi connectivity index (χ4v) is 7.64. The molecule has 360 valence electrons. The third-order valence-corrected chi connectivity index (χ3v) is 11.1. The number of rotatable bonds is 15. The van der Waals surface area contributed by atoms with Crippen LogP contribution in [0.3, 0.4) is 0 Å². The van der Waals surface area contributed by atoms with Gasteiger partial charge in [0, 0.05) is 13.8 Å². The molecule has 28 heteroatoms. The molecule has 62 heavy (non-hydrogen) atoms. The van der Waals surface area contributed by atoms with Gasteiger partial charge in [0.1, 0.15) is 122 Å². The van der Waals surface area contributed by atoms with E-state index in [1.807, 2.05) is 0 Å². The molecule has 5 heterocycles. The van der Waals surface area contributed by atoms with Gasteiger partial charge in [-0.25, -0.2) is 0 Å². The first kappa shape index (κ1) is 51.0. The van der Waals surface area contributed by atoms with Crippen LogP contribution in [-0.4, -0.2) is 275 Å². The maximum absolute atomic E-state index is 12.3. The number of aliphatic hydroxyl groups excluding tert-OH is 15. The number of ether oxygens (including phenoxy) is 9. The lowest BCUT2D eigenvalue weighted by molar-refractivity contribution is -0.370. The molecule has 0 aromatic carbocycles. The van der Waals surface area contributed by atoms with Gasteiger partial charge in [0.05, 0.1) is 33.0 Å². The van der Waals surface area contributed by atoms with Crippen LogP contribution < -0.4 is 10.6 Å². The molecule has 0 aromatic rings. The zero-order valence-electron chi connectivity index (χ0n) is 33.2. The van der Waals surface area contributed by atoms with Gasteiger partial charge >= 0.3 is 0 Å². The van der Waals surface area contributed by atoms with Crippen molar-refractivity contribution in [3.05, 3.63) is 0 Å². The summed E-state index contributed by atoms with van der Waals surface area (Å²) in [6.45, 7) is -1.94. The lowest BCUT2D eigenvalue weighted by Gasteiger charge is -2.49. The Labute approximate surface area is 351 Å². The maximum atomic E-state index is 12.3. The third kappa shape index (κ3) is 11.1. The molecule has 0 bridgehead atoms. The smallest absolute Gasteiger partial charge is 0.217 e. The summed E-state index contributed by atoms with van der Waals surface area (Å²) in [7, 11) is 0. The predicted octanol–water partition coefficient (Wildman–Crippen LogP) is -11.6. The first-order valence-corrected chi connectivity index (χ1v) is 19.6. The van der Waals surface area contributed by atoms with E-state index in [0.717, 1.165) is 13.8 Å². The molecule has 0 spiro atoms. The highest BCUT2D eigenvalue weighted by Crippen LogP contribution is 2.34. The van der Waals surface area contributed by atoms with E-state index >= 15 is 0 Å². The summed E-state index contributed by atoms with van der Waals surface area (Å²) in [5, 5.41) is 161. The second-order valence-electron chi connectivity index (χ2n) is 15.5. The van der Waals surface area contributed by atoms with Gasteiger partial charge in [0.15, 0.2) is 31.5 Å². The van der Waals surface area contributed by atoms with Gasteiger partial charge in [-0.05, 0) is 0 Å². The minimum absolute atomic E-state index is 0.681. The summed E-state index contributed by atoms with van der Waals surface area (Å²) >= 11 is 0. The van der Waals surface area contributed by atoms with E-state index in [0.29, 0.717) is 0 Å². The van der Waals surface area contributed by atoms with Gasteiger partial charge < -0.3 is 130 Å². The summed E-state index contributed by atoms with van der Waals surface area (Å²) in [5.41, 5.74) is 0. The number of carbonyl (C=O) groups excluding carboxylic acids is 2. The van der Waals surface area contributed by atoms with Crippen molar-refractivity contribution < 1.29 is 129 Å². The Hall–Kier alpha value is -2.02. The first-order valence-electron chi connectivity index (χ1n) is 19.6. The molecule has 5 aliphatic heterocycles. The molecule has 0 saturated carbocycles. The number of aliphatic hydroxyl groups is 15. The molecule has 0 aliphatic carbocycles. The molecule has 5 rings (SSSR count). The van der Waals surface area contributed by atoms with Gasteiger partial charge in [0.2, 0.25) is 11.8 Å². The average Bonchev–Trinajstić information content (AvgIpc) is 3.23. The Morgan fingerprint density at radius 3 is 1.37 bits per heavy atom. The maximum Gasteiger partial charge on any atom is 0.217 e. The molecule has 0 aromatic heterocycles. The predicted molar refractivity (Wildman–Crippen MR) is 190 cm³/mol. The minimum Gasteiger partial charge on any atom is -0.394 e. The Bertz CT molecular complexity index is 1440. The second-order valence-corrected chi connectivity index (χ2v) is 15.5. The van der Waals surface area contributed by atoms with Crippen LogP contribution >= 0.6 is 0 Å². The van der Waals surface area contributed by atoms with E-state index < -0.39 is 198 Å². The van der Waals surface area contributed by atoms with Crippen LogP contribution in [0.15, 0.2) is 0 Å². The molecule has 0 unspecified atom stereocenters. The average molecular weight is 911 g/mol. The number of nitrogens with one attached hydrogen (secondary N) is 2. The third-order valence-electron chi connectivity index (χ3n) is 11.1. The van der Waals surface area contributed by atoms with Gasteiger partial charge in [0.25, 0.3) is 0 Å². The summed E-state index contributed by atoms with van der Waals surface area (Å²) in [4.78, 5) is 24.2. The normalized spacial score (nSPS) is 49.0. The van der Waals surface area contributed by atoms with Crippen molar-refractivity contribution >= 4 is 11.8 Å². The summed E-state index contributed by atoms with van der Waals surface area (Å²) in [6.07, 6.45) is -40.6. The van der Waals surface area contributed by atoms with Gasteiger partial charge in [-0.15, -0.1) is 0 Å². The van der Waals surface area contributed by atoms with E-state index in [4.69, 9.17) is 42.6 Å². The van der Waals surface area contributed by atoms with Crippen LogP contribution in [0.2, 0.25) is 0 Å². The second kappa shape index (κ2) is 22.0. The largest absolute Gasteiger partial charge is 0.394 e. The first-order chi connectivity index (χ1) is 29.2. The highest BCUT2D eigenvalue weighted by Gasteiger charge is 2.55. The highest BCUT2D eigenvalue weighted by atomic mass is 16.8. The van der Waals surface area contributed by atoms with Crippen LogP contribution in [0.25, 0.3) is 0 Å². The summed E-state index contributed by atoms with van der Waals surface area (Å²) in [5.74, 6) is -1.45. The van der Waals surface area contributed by atoms with Crippen molar-refractivity contribution in [1.82, 2.24) is 10.6 Å². The van der Waals surface area contributed by atoms with Crippen molar-refractivity contribution in [2.75, 3.05) is 33.0 Å². The van der Waals surface area contributed by atoms with E-state index in [-0.39, 0.29) is 0 Å². The zero-order chi connectivity index (χ0) is 45.9. The Balaban J connectivity index is 1.25. The van der Waals surface area contributed by atoms with Crippen molar-refractivity contribution in [2.45, 2.75) is 167 Å². The monoisotopic (exact) mass is 910 g/mol. The molecule has 5 fully saturated rings. The number of amides is 2. The lowest BCUT2D eigenvalue weighted by atomic mass is 9.94. The van der Waals surface area contributed by atoms with E-state index in [1.165, 1.54) is 0 Å². The van der Waals surface area contributed by atoms with Crippen LogP contribution in [-0.2, 0) is 52.2 Å². The number of hydrogen-bond acceptors (Lipinski definition) is 26. The van der Waals surface area contributed by atoms with Crippen LogP contribution in [0.4, 0.5) is 0 Å². The van der Waals surface area contributed by atoms with Crippen molar-refractivity contribution in [2.24, 2.45) is 0 Å². The van der Waals surface area contributed by atoms with Gasteiger partial charge in [-0.2, -0.15) is 0 Å². The van der Waals surface area contributed by atoms with Crippen molar-refractivity contribution in [1.29, 1.82) is 0 Å². The molecule has 5 aliphatic rings. The Kier molecular flexibility index (Phi) is 18.1. The molecule has 25 atom stereocenters. The standard InChI is InChI=1S/C34H58N2O26/c1-8(40)35-15-20(45)17(42)10(3-37)57-32(15)61-29-12(5-39)59-34(27(52)24(29)49)62-28-11(4-38)58-31(16(21(28)46)36-9(2)41)54-7-14-19(44)23(48)26(51)33(60-14)55-6-13-18(43)22(47)25(50)30(53)56-13/h10-34,37-39,42-53H,3-7H2,1-2H3,(H,35,40)(H,36,41)/t10-,11-,12-,13-,14-,15-,16-,17-,18-,19-,20-,21-,22+,23+,24-,25+,26+,27-,28-,29+,30-,31-,32+,33+,34+/m1/s1. The minimum atomic E-state index is -2.08. The van der Waals surface area contributed by atoms with Crippen LogP contribution in [0.5, 0.6) is 0 Å². The Morgan fingerprint density at radius 1 is 0.419 bits per heavy atom. The zero-order valence-corrected chi connectivity index (χ0v) is 33.2. The summed E-state index contributed by atoms with van der Waals surface area (Å²) < 4.78 is 50.3. The lowest BCUT2D eigenvalue weighted by Crippen LogP contribution is -2.69. The fourth-order valence-electron chi connectivity index (χ4n) is 7.64. The molecular weight excluding hydrogens is 852 g/mol. The molecular formula is C34H58N2O26. The molecule has 0 radical (unpaired) electrons. The highest BCUT2D eigenvalue weighted by molar-refractivity contribution is 5.73. The molecule has 5 saturated heterocycles. The van der Waals surface area contributed by atoms with E-state index in [2.05, 4.69) is 10.6 Å². The van der Waals surface area contributed by atoms with Crippen molar-refractivity contribution in [3.63, 3.8) is 0 Å². The van der Waals surface area contributed by atoms with E-state index in [1.54, 1.807) is 0 Å². The number of hydrogen-bond donors (Lipinski definition) is 17. The Morgan fingerprint density at radius 2 is 0.823 bits per heavy atom. The summed E-state index contributed by atoms with van der Waals surface area (Å²) in [6, 6.07) is -3.06. The van der Waals surface area contributed by atoms with Crippen LogP contribution in [0.1, 0.15) is 13.8 Å². The quantitative estimate of drug-likeness (QED) is 0.0725. The van der Waals surface area contributed by atoms with Crippen molar-refractivity contribution in [3.8, 4) is 0 Å². The topological polar surface area (TPSA) is 445 Å². The van der Waals surface area contributed by atoms with Crippen LogP contribution in [0, 0.1) is 0 Å². The molecule has 2 amide bonds. The fraction of sp³-hybridized carbons (Fsp3) is 0.941. The molecule has 17 N–H and O–H groups in total. The molecule has 28 nitrogen and oxygen atoms in total. The van der Waals surface area contributed by atoms with E-state index in [9.17, 15) is 86.2 Å². The van der Waals surface area contributed by atoms with Gasteiger partial charge in [-0.3, -0.25) is 9.59 Å².